The van der Waals surface area contributed by atoms with E-state index < -0.39 is 0 Å². The quantitative estimate of drug-likeness (QED) is 0.866. The average Bonchev–Trinajstić information content (AvgIpc) is 3.04. The standard InChI is InChI=1S/C16H26N4O2/c1-12(22)13-4-2-6-19(9-13)15-8-16(18-11-17-15)20-7-3-5-14(20)10-21/h8,11-14,21-22H,2-7,9-10H2,1H3. The first-order valence-corrected chi connectivity index (χ1v) is 8.31. The molecule has 2 fully saturated rings. The summed E-state index contributed by atoms with van der Waals surface area (Å²) in [6, 6.07) is 2.20. The van der Waals surface area contributed by atoms with Gasteiger partial charge in [-0.3, -0.25) is 0 Å². The van der Waals surface area contributed by atoms with Crippen molar-refractivity contribution in [1.82, 2.24) is 9.97 Å². The van der Waals surface area contributed by atoms with Crippen LogP contribution < -0.4 is 9.80 Å². The van der Waals surface area contributed by atoms with Gasteiger partial charge in [-0.25, -0.2) is 9.97 Å². The lowest BCUT2D eigenvalue weighted by Crippen LogP contribution is -2.40. The fourth-order valence-electron chi connectivity index (χ4n) is 3.61. The number of aliphatic hydroxyl groups excluding tert-OH is 2. The van der Waals surface area contributed by atoms with Gasteiger partial charge in [0, 0.05) is 31.6 Å². The summed E-state index contributed by atoms with van der Waals surface area (Å²) in [4.78, 5) is 13.2. The van der Waals surface area contributed by atoms with Crippen molar-refractivity contribution in [1.29, 1.82) is 0 Å². The Hall–Kier alpha value is -1.40. The Morgan fingerprint density at radius 3 is 2.77 bits per heavy atom. The van der Waals surface area contributed by atoms with E-state index >= 15 is 0 Å². The minimum atomic E-state index is -0.276. The largest absolute Gasteiger partial charge is 0.394 e. The second kappa shape index (κ2) is 6.79. The van der Waals surface area contributed by atoms with Crippen LogP contribution in [0.15, 0.2) is 12.4 Å². The highest BCUT2D eigenvalue weighted by atomic mass is 16.3. The van der Waals surface area contributed by atoms with Crippen molar-refractivity contribution >= 4 is 11.6 Å². The number of piperidine rings is 1. The lowest BCUT2D eigenvalue weighted by molar-refractivity contribution is 0.115. The molecule has 2 aliphatic rings. The summed E-state index contributed by atoms with van der Waals surface area (Å²) in [5.41, 5.74) is 0. The predicted molar refractivity (Wildman–Crippen MR) is 86.1 cm³/mol. The van der Waals surface area contributed by atoms with Crippen molar-refractivity contribution in [2.45, 2.75) is 44.8 Å². The predicted octanol–water partition coefficient (Wildman–Crippen LogP) is 1.03. The van der Waals surface area contributed by atoms with Gasteiger partial charge in [-0.05, 0) is 32.6 Å². The molecule has 0 radical (unpaired) electrons. The molecule has 2 aliphatic heterocycles. The molecular formula is C16H26N4O2. The van der Waals surface area contributed by atoms with Crippen molar-refractivity contribution in [3.8, 4) is 0 Å². The highest BCUT2D eigenvalue weighted by Crippen LogP contribution is 2.28. The number of rotatable bonds is 4. The number of aliphatic hydroxyl groups is 2. The van der Waals surface area contributed by atoms with Gasteiger partial charge in [0.15, 0.2) is 0 Å². The summed E-state index contributed by atoms with van der Waals surface area (Å²) in [6.45, 7) is 4.81. The summed E-state index contributed by atoms with van der Waals surface area (Å²) in [7, 11) is 0. The van der Waals surface area contributed by atoms with Crippen LogP contribution in [0.4, 0.5) is 11.6 Å². The first-order valence-electron chi connectivity index (χ1n) is 8.31. The van der Waals surface area contributed by atoms with Crippen LogP contribution in [0.1, 0.15) is 32.6 Å². The van der Waals surface area contributed by atoms with E-state index in [9.17, 15) is 10.2 Å². The van der Waals surface area contributed by atoms with Gasteiger partial charge in [-0.2, -0.15) is 0 Å². The summed E-state index contributed by atoms with van der Waals surface area (Å²) in [5, 5.41) is 19.3. The Labute approximate surface area is 131 Å². The van der Waals surface area contributed by atoms with Crippen LogP contribution in [-0.2, 0) is 0 Å². The summed E-state index contributed by atoms with van der Waals surface area (Å²) in [5.74, 6) is 2.14. The molecule has 0 saturated carbocycles. The molecule has 2 saturated heterocycles. The van der Waals surface area contributed by atoms with E-state index in [4.69, 9.17) is 0 Å². The molecule has 3 heterocycles. The van der Waals surface area contributed by atoms with Crippen LogP contribution in [0, 0.1) is 5.92 Å². The molecule has 0 bridgehead atoms. The maximum atomic E-state index is 9.84. The Balaban J connectivity index is 1.76. The molecule has 122 valence electrons. The highest BCUT2D eigenvalue weighted by molar-refractivity contribution is 5.51. The highest BCUT2D eigenvalue weighted by Gasteiger charge is 2.27. The molecule has 0 aliphatic carbocycles. The first kappa shape index (κ1) is 15.5. The van der Waals surface area contributed by atoms with Gasteiger partial charge in [0.2, 0.25) is 0 Å². The summed E-state index contributed by atoms with van der Waals surface area (Å²) in [6.07, 6.45) is 5.61. The smallest absolute Gasteiger partial charge is 0.134 e. The summed E-state index contributed by atoms with van der Waals surface area (Å²) < 4.78 is 0. The average molecular weight is 306 g/mol. The second-order valence-electron chi connectivity index (χ2n) is 6.50. The molecule has 3 unspecified atom stereocenters. The zero-order chi connectivity index (χ0) is 15.5. The molecule has 22 heavy (non-hydrogen) atoms. The molecule has 0 amide bonds. The Bertz CT molecular complexity index is 497. The lowest BCUT2D eigenvalue weighted by Gasteiger charge is -2.35. The Morgan fingerprint density at radius 1 is 1.23 bits per heavy atom. The van der Waals surface area contributed by atoms with E-state index in [1.54, 1.807) is 6.33 Å². The van der Waals surface area contributed by atoms with E-state index in [1.807, 2.05) is 13.0 Å². The molecule has 0 aromatic carbocycles. The van der Waals surface area contributed by atoms with E-state index in [2.05, 4.69) is 19.8 Å². The number of hydrogen-bond acceptors (Lipinski definition) is 6. The number of nitrogens with zero attached hydrogens (tertiary/aromatic N) is 4. The van der Waals surface area contributed by atoms with Crippen molar-refractivity contribution < 1.29 is 10.2 Å². The molecule has 1 aromatic heterocycles. The zero-order valence-corrected chi connectivity index (χ0v) is 13.2. The molecule has 1 aromatic rings. The van der Waals surface area contributed by atoms with Gasteiger partial charge in [-0.1, -0.05) is 0 Å². The van der Waals surface area contributed by atoms with Crippen molar-refractivity contribution in [3.63, 3.8) is 0 Å². The van der Waals surface area contributed by atoms with Gasteiger partial charge in [0.1, 0.15) is 18.0 Å². The zero-order valence-electron chi connectivity index (χ0n) is 13.2. The molecule has 3 atom stereocenters. The molecule has 0 spiro atoms. The van der Waals surface area contributed by atoms with Crippen molar-refractivity contribution in [2.75, 3.05) is 36.0 Å². The third kappa shape index (κ3) is 3.17. The molecule has 6 nitrogen and oxygen atoms in total. The van der Waals surface area contributed by atoms with Gasteiger partial charge in [0.05, 0.1) is 18.8 Å². The SMILES string of the molecule is CC(O)C1CCCN(c2cc(N3CCCC3CO)ncn2)C1. The van der Waals surface area contributed by atoms with Crippen LogP contribution in [0.3, 0.4) is 0 Å². The minimum Gasteiger partial charge on any atom is -0.394 e. The molecular weight excluding hydrogens is 280 g/mol. The Kier molecular flexibility index (Phi) is 4.78. The van der Waals surface area contributed by atoms with E-state index in [0.29, 0.717) is 5.92 Å². The molecule has 6 heteroatoms. The second-order valence-corrected chi connectivity index (χ2v) is 6.50. The fraction of sp³-hybridized carbons (Fsp3) is 0.750. The van der Waals surface area contributed by atoms with E-state index in [0.717, 1.165) is 57.0 Å². The maximum absolute atomic E-state index is 9.84. The van der Waals surface area contributed by atoms with Gasteiger partial charge < -0.3 is 20.0 Å². The number of hydrogen-bond donors (Lipinski definition) is 2. The lowest BCUT2D eigenvalue weighted by atomic mass is 9.93. The molecule has 3 rings (SSSR count). The first-order chi connectivity index (χ1) is 10.7. The van der Waals surface area contributed by atoms with Crippen LogP contribution in [0.25, 0.3) is 0 Å². The minimum absolute atomic E-state index is 0.174. The van der Waals surface area contributed by atoms with Crippen LogP contribution in [0.2, 0.25) is 0 Å². The number of aromatic nitrogens is 2. The number of anilines is 2. The topological polar surface area (TPSA) is 72.7 Å². The van der Waals surface area contributed by atoms with E-state index in [-0.39, 0.29) is 18.8 Å². The molecule has 2 N–H and O–H groups in total. The van der Waals surface area contributed by atoms with Gasteiger partial charge >= 0.3 is 0 Å². The summed E-state index contributed by atoms with van der Waals surface area (Å²) >= 11 is 0. The monoisotopic (exact) mass is 306 g/mol. The third-order valence-electron chi connectivity index (χ3n) is 4.98. The third-order valence-corrected chi connectivity index (χ3v) is 4.98. The van der Waals surface area contributed by atoms with Gasteiger partial charge in [-0.15, -0.1) is 0 Å². The Morgan fingerprint density at radius 2 is 2.00 bits per heavy atom. The van der Waals surface area contributed by atoms with Gasteiger partial charge in [0.25, 0.3) is 0 Å². The van der Waals surface area contributed by atoms with E-state index in [1.165, 1.54) is 0 Å². The maximum Gasteiger partial charge on any atom is 0.134 e. The fourth-order valence-corrected chi connectivity index (χ4v) is 3.61. The van der Waals surface area contributed by atoms with Crippen molar-refractivity contribution in [3.05, 3.63) is 12.4 Å². The van der Waals surface area contributed by atoms with Crippen LogP contribution >= 0.6 is 0 Å². The normalized spacial score (nSPS) is 27.2. The van der Waals surface area contributed by atoms with Crippen molar-refractivity contribution in [2.24, 2.45) is 5.92 Å². The van der Waals surface area contributed by atoms with Crippen LogP contribution in [-0.4, -0.2) is 58.6 Å². The van der Waals surface area contributed by atoms with Crippen LogP contribution in [0.5, 0.6) is 0 Å².